The zero-order chi connectivity index (χ0) is 29.1. The molecule has 0 aromatic heterocycles. The molecule has 3 aromatic rings. The van der Waals surface area contributed by atoms with Crippen molar-refractivity contribution < 1.29 is 19.8 Å². The van der Waals surface area contributed by atoms with Crippen molar-refractivity contribution in [3.8, 4) is 11.1 Å². The van der Waals surface area contributed by atoms with E-state index in [9.17, 15) is 15.0 Å². The summed E-state index contributed by atoms with van der Waals surface area (Å²) in [6, 6.07) is 24.4. The Morgan fingerprint density at radius 3 is 2.54 bits per heavy atom. The van der Waals surface area contributed by atoms with E-state index in [1.807, 2.05) is 24.3 Å². The summed E-state index contributed by atoms with van der Waals surface area (Å²) in [6.45, 7) is 9.71. The van der Waals surface area contributed by atoms with Gasteiger partial charge in [0.2, 0.25) is 5.91 Å². The molecule has 7 nitrogen and oxygen atoms in total. The maximum absolute atomic E-state index is 13.6. The fourth-order valence-corrected chi connectivity index (χ4v) is 6.08. The number of aliphatic hydroxyl groups is 2. The molecule has 5 rings (SSSR count). The molecule has 1 amide bonds. The molecule has 0 radical (unpaired) electrons. The Bertz CT molecular complexity index is 1330. The van der Waals surface area contributed by atoms with Crippen molar-refractivity contribution in [2.75, 3.05) is 25.0 Å². The van der Waals surface area contributed by atoms with Gasteiger partial charge in [0.1, 0.15) is 12.1 Å². The number of para-hydroxylation sites is 1. The smallest absolute Gasteiger partial charge is 0.240 e. The lowest BCUT2D eigenvalue weighted by atomic mass is 9.86. The Kier molecular flexibility index (Phi) is 8.80. The van der Waals surface area contributed by atoms with E-state index < -0.39 is 24.2 Å². The number of nitrogens with zero attached hydrogens (tertiary/aromatic N) is 1. The molecule has 0 bridgehead atoms. The molecule has 7 heteroatoms. The summed E-state index contributed by atoms with van der Waals surface area (Å²) in [4.78, 5) is 19.7. The summed E-state index contributed by atoms with van der Waals surface area (Å²) in [6.07, 6.45) is -0.695. The first-order valence-electron chi connectivity index (χ1n) is 14.7. The van der Waals surface area contributed by atoms with Crippen LogP contribution in [0, 0.1) is 5.92 Å². The second-order valence-corrected chi connectivity index (χ2v) is 12.4. The molecule has 41 heavy (non-hydrogen) atoms. The van der Waals surface area contributed by atoms with Gasteiger partial charge in [-0.25, -0.2) is 0 Å². The van der Waals surface area contributed by atoms with Gasteiger partial charge in [0, 0.05) is 30.6 Å². The number of benzene rings is 3. The number of rotatable bonds is 9. The third-order valence-electron chi connectivity index (χ3n) is 8.43. The Morgan fingerprint density at radius 1 is 1.07 bits per heavy atom. The third kappa shape index (κ3) is 6.49. The molecule has 218 valence electrons. The first-order chi connectivity index (χ1) is 19.7. The fourth-order valence-electron chi connectivity index (χ4n) is 6.08. The molecular weight excluding hydrogens is 514 g/mol. The number of hydrogen-bond acceptors (Lipinski definition) is 6. The summed E-state index contributed by atoms with van der Waals surface area (Å²) in [7, 11) is 0. The molecule has 0 aliphatic carbocycles. The van der Waals surface area contributed by atoms with Crippen LogP contribution in [0.5, 0.6) is 0 Å². The molecule has 1 saturated heterocycles. The molecule has 1 unspecified atom stereocenters. The van der Waals surface area contributed by atoms with E-state index in [-0.39, 0.29) is 17.9 Å². The number of hydrogen-bond donors (Lipinski definition) is 4. The normalized spacial score (nSPS) is 23.2. The lowest BCUT2D eigenvalue weighted by molar-refractivity contribution is -0.192. The quantitative estimate of drug-likeness (QED) is 0.301. The van der Waals surface area contributed by atoms with E-state index in [4.69, 9.17) is 4.84 Å². The predicted octanol–water partition coefficient (Wildman–Crippen LogP) is 4.84. The maximum atomic E-state index is 13.6. The van der Waals surface area contributed by atoms with E-state index in [1.54, 1.807) is 12.0 Å². The molecular formula is C34H43N3O4. The number of aliphatic hydroxyl groups excluding tert-OH is 2. The van der Waals surface area contributed by atoms with Crippen molar-refractivity contribution >= 4 is 11.6 Å². The third-order valence-corrected chi connectivity index (χ3v) is 8.43. The van der Waals surface area contributed by atoms with Crippen LogP contribution in [-0.4, -0.2) is 59.1 Å². The van der Waals surface area contributed by atoms with E-state index in [0.717, 1.165) is 35.3 Å². The highest BCUT2D eigenvalue weighted by Crippen LogP contribution is 2.34. The van der Waals surface area contributed by atoms with Crippen LogP contribution >= 0.6 is 0 Å². The van der Waals surface area contributed by atoms with Crippen LogP contribution < -0.4 is 10.6 Å². The van der Waals surface area contributed by atoms with Crippen molar-refractivity contribution in [2.24, 2.45) is 5.92 Å². The van der Waals surface area contributed by atoms with Gasteiger partial charge < -0.3 is 20.8 Å². The minimum atomic E-state index is -0.832. The summed E-state index contributed by atoms with van der Waals surface area (Å²) in [5.41, 5.74) is 7.00. The molecule has 2 aliphatic heterocycles. The van der Waals surface area contributed by atoms with Crippen LogP contribution in [0.3, 0.4) is 0 Å². The lowest BCUT2D eigenvalue weighted by Crippen LogP contribution is -2.47. The van der Waals surface area contributed by atoms with Crippen molar-refractivity contribution in [3.63, 3.8) is 0 Å². The van der Waals surface area contributed by atoms with E-state index in [0.29, 0.717) is 19.0 Å². The fraction of sp³-hybridized carbons (Fsp3) is 0.441. The number of carbonyl (C=O) groups is 1. The van der Waals surface area contributed by atoms with Gasteiger partial charge in [0.25, 0.3) is 0 Å². The summed E-state index contributed by atoms with van der Waals surface area (Å²) in [5.74, 6) is -0.404. The average Bonchev–Trinajstić information content (AvgIpc) is 3.54. The monoisotopic (exact) mass is 557 g/mol. The van der Waals surface area contributed by atoms with Crippen LogP contribution in [0.2, 0.25) is 0 Å². The first kappa shape index (κ1) is 29.3. The largest absolute Gasteiger partial charge is 0.396 e. The number of hydroxylamine groups is 2. The molecule has 3 aromatic carbocycles. The SMILES string of the molecule is C[C@H](O)[C@@H]1ON(Cc2cccc(-c3ccc(C(C)(C)C)cc3)c2)[C@H](C(=O)NCCC2CNc3ccccc32)[C@@H]1CO. The summed E-state index contributed by atoms with van der Waals surface area (Å²) >= 11 is 0. The van der Waals surface area contributed by atoms with Gasteiger partial charge >= 0.3 is 0 Å². The zero-order valence-electron chi connectivity index (χ0n) is 24.5. The lowest BCUT2D eigenvalue weighted by Gasteiger charge is -2.25. The van der Waals surface area contributed by atoms with Crippen molar-refractivity contribution in [1.29, 1.82) is 0 Å². The average molecular weight is 558 g/mol. The second-order valence-electron chi connectivity index (χ2n) is 12.4. The van der Waals surface area contributed by atoms with Gasteiger partial charge in [-0.15, -0.1) is 0 Å². The molecule has 2 aliphatic rings. The number of anilines is 1. The van der Waals surface area contributed by atoms with Crippen LogP contribution in [-0.2, 0) is 21.6 Å². The minimum Gasteiger partial charge on any atom is -0.396 e. The van der Waals surface area contributed by atoms with Crippen molar-refractivity contribution in [1.82, 2.24) is 10.4 Å². The van der Waals surface area contributed by atoms with Crippen LogP contribution in [0.1, 0.15) is 56.7 Å². The predicted molar refractivity (Wildman–Crippen MR) is 162 cm³/mol. The number of amides is 1. The Hall–Kier alpha value is -3.23. The second kappa shape index (κ2) is 12.3. The maximum Gasteiger partial charge on any atom is 0.240 e. The summed E-state index contributed by atoms with van der Waals surface area (Å²) < 4.78 is 0. The topological polar surface area (TPSA) is 94.1 Å². The standard InChI is InChI=1S/C34H43N3O4/c1-22(39)32-29(21-38)31(33(40)35-17-16-26-19-36-30-11-6-5-10-28(26)30)37(41-32)20-23-8-7-9-25(18-23)24-12-14-27(15-13-24)34(2,3)4/h5-15,18,22,26,29,31-32,36,38-39H,16-17,19-21H2,1-4H3,(H,35,40)/t22-,26?,29-,31-,32-/m0/s1. The van der Waals surface area contributed by atoms with Gasteiger partial charge in [-0.2, -0.15) is 5.06 Å². The Labute approximate surface area is 243 Å². The number of carbonyl (C=O) groups excluding carboxylic acids is 1. The van der Waals surface area contributed by atoms with E-state index in [1.165, 1.54) is 11.1 Å². The number of nitrogens with one attached hydrogen (secondary N) is 2. The minimum absolute atomic E-state index is 0.0885. The Morgan fingerprint density at radius 2 is 1.83 bits per heavy atom. The molecule has 4 N–H and O–H groups in total. The van der Waals surface area contributed by atoms with Gasteiger partial charge in [0.05, 0.1) is 19.3 Å². The Balaban J connectivity index is 1.29. The molecule has 5 atom stereocenters. The first-order valence-corrected chi connectivity index (χ1v) is 14.7. The highest BCUT2D eigenvalue weighted by Gasteiger charge is 2.48. The zero-order valence-corrected chi connectivity index (χ0v) is 24.5. The summed E-state index contributed by atoms with van der Waals surface area (Å²) in [5, 5.41) is 28.9. The van der Waals surface area contributed by atoms with Crippen molar-refractivity contribution in [2.45, 2.75) is 70.2 Å². The van der Waals surface area contributed by atoms with E-state index in [2.05, 4.69) is 79.9 Å². The molecule has 0 spiro atoms. The van der Waals surface area contributed by atoms with E-state index >= 15 is 0 Å². The molecule has 2 heterocycles. The van der Waals surface area contributed by atoms with Crippen molar-refractivity contribution in [3.05, 3.63) is 89.5 Å². The van der Waals surface area contributed by atoms with Gasteiger partial charge in [-0.3, -0.25) is 9.63 Å². The highest BCUT2D eigenvalue weighted by atomic mass is 16.7. The number of fused-ring (bicyclic) bond motifs is 1. The van der Waals surface area contributed by atoms with Gasteiger partial charge in [0.15, 0.2) is 0 Å². The van der Waals surface area contributed by atoms with Gasteiger partial charge in [-0.05, 0) is 58.7 Å². The molecule has 0 saturated carbocycles. The van der Waals surface area contributed by atoms with Crippen LogP contribution in [0.15, 0.2) is 72.8 Å². The molecule has 1 fully saturated rings. The highest BCUT2D eigenvalue weighted by molar-refractivity contribution is 5.82. The van der Waals surface area contributed by atoms with Gasteiger partial charge in [-0.1, -0.05) is 81.4 Å². The van der Waals surface area contributed by atoms with Crippen LogP contribution in [0.25, 0.3) is 11.1 Å². The van der Waals surface area contributed by atoms with Crippen LogP contribution in [0.4, 0.5) is 5.69 Å².